The Morgan fingerprint density at radius 2 is 0.805 bits per heavy atom. The smallest absolute Gasteiger partial charge is 0.418 e. The highest BCUT2D eigenvalue weighted by Crippen LogP contribution is 2.38. The average Bonchev–Trinajstić information content (AvgIpc) is 2.76. The molecule has 0 amide bonds. The lowest BCUT2D eigenvalue weighted by Gasteiger charge is -2.09. The maximum absolute atomic E-state index is 9.75. The SMILES string of the molecule is Cc1cc(C)c(-c2cc(-c3cc[n+](C)cc3)cc(-c3c(C)cc(C)cc3C)[o+]2)c(C)c1.F[B-](F)(F)F.F[B-](F)(F)F. The molecule has 0 saturated heterocycles. The van der Waals surface area contributed by atoms with Crippen LogP contribution in [-0.2, 0) is 7.05 Å². The number of pyridine rings is 1. The largest absolute Gasteiger partial charge is 0.673 e. The summed E-state index contributed by atoms with van der Waals surface area (Å²) in [5.74, 6) is 1.82. The predicted octanol–water partition coefficient (Wildman–Crippen LogP) is 9.84. The van der Waals surface area contributed by atoms with Crippen molar-refractivity contribution in [3.63, 3.8) is 0 Å². The summed E-state index contributed by atoms with van der Waals surface area (Å²) in [5.41, 5.74) is 12.2. The Kier molecular flexibility index (Phi) is 10.9. The van der Waals surface area contributed by atoms with E-state index < -0.39 is 14.5 Å². The number of nitrogens with zero attached hydrogens (tertiary/aromatic N) is 1. The zero-order valence-corrected chi connectivity index (χ0v) is 23.8. The van der Waals surface area contributed by atoms with Crippen LogP contribution < -0.4 is 4.57 Å². The molecule has 220 valence electrons. The molecule has 4 aromatic rings. The van der Waals surface area contributed by atoms with Crippen molar-refractivity contribution < 1.29 is 43.5 Å². The molecule has 41 heavy (non-hydrogen) atoms. The zero-order valence-electron chi connectivity index (χ0n) is 23.8. The standard InChI is InChI=1S/C29H31NO.2BF4/c1-18-12-20(3)28(21(4)13-18)26-16-25(24-8-10-30(7)11-9-24)17-27(31-26)29-22(5)14-19(2)15-23(29)6;2*2-1(3,4)5/h8-17H,1-7H3;;/q+2;2*-1. The molecule has 4 rings (SSSR count). The first-order valence-corrected chi connectivity index (χ1v) is 12.6. The van der Waals surface area contributed by atoms with Crippen LogP contribution in [0.25, 0.3) is 33.8 Å². The highest BCUT2D eigenvalue weighted by molar-refractivity contribution is 6.50. The zero-order chi connectivity index (χ0) is 31.3. The van der Waals surface area contributed by atoms with Gasteiger partial charge in [-0.1, -0.05) is 35.4 Å². The molecule has 0 atom stereocenters. The average molecular weight is 583 g/mol. The minimum atomic E-state index is -6.00. The number of hydrogen-bond acceptors (Lipinski definition) is 0. The molecule has 0 radical (unpaired) electrons. The summed E-state index contributed by atoms with van der Waals surface area (Å²) < 4.78 is 86.7. The Balaban J connectivity index is 0.000000507. The molecule has 0 aliphatic heterocycles. The van der Waals surface area contributed by atoms with Gasteiger partial charge in [-0.2, -0.15) is 0 Å². The van der Waals surface area contributed by atoms with E-state index in [-0.39, 0.29) is 0 Å². The van der Waals surface area contributed by atoms with Crippen molar-refractivity contribution in [3.8, 4) is 33.8 Å². The van der Waals surface area contributed by atoms with Gasteiger partial charge in [-0.3, -0.25) is 0 Å². The van der Waals surface area contributed by atoms with Crippen molar-refractivity contribution in [3.05, 3.63) is 94.3 Å². The highest BCUT2D eigenvalue weighted by Gasteiger charge is 2.26. The monoisotopic (exact) mass is 583 g/mol. The second kappa shape index (κ2) is 13.3. The maximum Gasteiger partial charge on any atom is 0.673 e. The maximum atomic E-state index is 9.75. The van der Waals surface area contributed by atoms with E-state index in [0.717, 1.165) is 17.1 Å². The van der Waals surface area contributed by atoms with Crippen LogP contribution in [0.3, 0.4) is 0 Å². The van der Waals surface area contributed by atoms with Gasteiger partial charge in [0.2, 0.25) is 0 Å². The van der Waals surface area contributed by atoms with Gasteiger partial charge in [-0.15, -0.1) is 0 Å². The van der Waals surface area contributed by atoms with E-state index in [0.29, 0.717) is 0 Å². The van der Waals surface area contributed by atoms with Crippen molar-refractivity contribution in [1.29, 1.82) is 0 Å². The van der Waals surface area contributed by atoms with Gasteiger partial charge >= 0.3 is 26.0 Å². The summed E-state index contributed by atoms with van der Waals surface area (Å²) in [7, 11) is -9.96. The third-order valence-electron chi connectivity index (χ3n) is 5.95. The molecule has 0 saturated carbocycles. The molecule has 12 heteroatoms. The number of benzene rings is 2. The lowest BCUT2D eigenvalue weighted by molar-refractivity contribution is -0.671. The number of rotatable bonds is 3. The first kappa shape index (κ1) is 33.5. The summed E-state index contributed by atoms with van der Waals surface area (Å²) in [5, 5.41) is 0. The van der Waals surface area contributed by atoms with Gasteiger partial charge in [-0.25, -0.2) is 8.98 Å². The minimum absolute atomic E-state index is 0.912. The molecule has 2 aromatic carbocycles. The molecule has 0 spiro atoms. The lowest BCUT2D eigenvalue weighted by Crippen LogP contribution is -2.25. The Hall–Kier alpha value is -3.69. The third kappa shape index (κ3) is 11.0. The third-order valence-corrected chi connectivity index (χ3v) is 5.95. The first-order valence-electron chi connectivity index (χ1n) is 12.6. The Morgan fingerprint density at radius 1 is 0.512 bits per heavy atom. The van der Waals surface area contributed by atoms with Crippen LogP contribution in [-0.4, -0.2) is 14.5 Å². The van der Waals surface area contributed by atoms with E-state index in [1.165, 1.54) is 50.1 Å². The van der Waals surface area contributed by atoms with Crippen LogP contribution in [0.4, 0.5) is 34.5 Å². The van der Waals surface area contributed by atoms with Crippen molar-refractivity contribution >= 4 is 14.5 Å². The molecule has 0 unspecified atom stereocenters. The van der Waals surface area contributed by atoms with E-state index in [1.54, 1.807) is 0 Å². The van der Waals surface area contributed by atoms with E-state index in [4.69, 9.17) is 4.42 Å². The Labute approximate surface area is 234 Å². The normalized spacial score (nSPS) is 11.3. The summed E-state index contributed by atoms with van der Waals surface area (Å²) in [6, 6.07) is 17.6. The predicted molar refractivity (Wildman–Crippen MR) is 149 cm³/mol. The topological polar surface area (TPSA) is 15.2 Å². The molecule has 0 bridgehead atoms. The summed E-state index contributed by atoms with van der Waals surface area (Å²) in [4.78, 5) is 0. The molecule has 0 fully saturated rings. The van der Waals surface area contributed by atoms with E-state index in [2.05, 4.69) is 107 Å². The van der Waals surface area contributed by atoms with Gasteiger partial charge in [0.1, 0.15) is 7.05 Å². The minimum Gasteiger partial charge on any atom is -0.418 e. The van der Waals surface area contributed by atoms with E-state index in [9.17, 15) is 34.5 Å². The van der Waals surface area contributed by atoms with Gasteiger partial charge in [0.05, 0.1) is 23.3 Å². The van der Waals surface area contributed by atoms with Crippen LogP contribution in [0.1, 0.15) is 33.4 Å². The van der Waals surface area contributed by atoms with Crippen molar-refractivity contribution in [2.75, 3.05) is 0 Å². The first-order chi connectivity index (χ1) is 18.7. The Morgan fingerprint density at radius 3 is 1.10 bits per heavy atom. The fraction of sp³-hybridized carbons (Fsp3) is 0.241. The highest BCUT2D eigenvalue weighted by atomic mass is 19.5. The van der Waals surface area contributed by atoms with Crippen molar-refractivity contribution in [2.24, 2.45) is 7.05 Å². The van der Waals surface area contributed by atoms with Crippen LogP contribution in [0.2, 0.25) is 0 Å². The number of aromatic nitrogens is 1. The quantitative estimate of drug-likeness (QED) is 0.102. The molecule has 0 N–H and O–H groups in total. The molecule has 0 aliphatic rings. The van der Waals surface area contributed by atoms with Gasteiger partial charge in [0, 0.05) is 17.7 Å². The molecule has 2 aromatic heterocycles. The Bertz CT molecular complexity index is 1350. The van der Waals surface area contributed by atoms with E-state index in [1.807, 2.05) is 7.05 Å². The fourth-order valence-electron chi connectivity index (χ4n) is 4.75. The number of hydrogen-bond donors (Lipinski definition) is 0. The molecular formula is C29H31B2F8NO. The number of halogens is 8. The number of aryl methyl sites for hydroxylation is 7. The lowest BCUT2D eigenvalue weighted by atomic mass is 9.94. The van der Waals surface area contributed by atoms with Gasteiger partial charge in [0.25, 0.3) is 0 Å². The van der Waals surface area contributed by atoms with Crippen LogP contribution in [0.15, 0.2) is 65.3 Å². The van der Waals surface area contributed by atoms with Gasteiger partial charge in [0.15, 0.2) is 12.4 Å². The van der Waals surface area contributed by atoms with Crippen LogP contribution >= 0.6 is 0 Å². The molecule has 2 heterocycles. The summed E-state index contributed by atoms with van der Waals surface area (Å²) in [6.45, 7) is 13.0. The summed E-state index contributed by atoms with van der Waals surface area (Å²) >= 11 is 0. The van der Waals surface area contributed by atoms with Crippen molar-refractivity contribution in [2.45, 2.75) is 41.5 Å². The van der Waals surface area contributed by atoms with Gasteiger partial charge < -0.3 is 34.5 Å². The van der Waals surface area contributed by atoms with Gasteiger partial charge in [-0.05, 0) is 69.4 Å². The van der Waals surface area contributed by atoms with Crippen LogP contribution in [0.5, 0.6) is 0 Å². The molecule has 0 aliphatic carbocycles. The second-order valence-electron chi connectivity index (χ2n) is 9.86. The molecule has 2 nitrogen and oxygen atoms in total. The van der Waals surface area contributed by atoms with Crippen molar-refractivity contribution in [1.82, 2.24) is 0 Å². The fourth-order valence-corrected chi connectivity index (χ4v) is 4.75. The van der Waals surface area contributed by atoms with Crippen LogP contribution in [0, 0.1) is 41.5 Å². The van der Waals surface area contributed by atoms with E-state index >= 15 is 0 Å². The molecular weight excluding hydrogens is 552 g/mol. The summed E-state index contributed by atoms with van der Waals surface area (Å²) in [6.07, 6.45) is 4.17. The second-order valence-corrected chi connectivity index (χ2v) is 9.86.